The fourth-order valence-corrected chi connectivity index (χ4v) is 2.05. The van der Waals surface area contributed by atoms with E-state index in [-0.39, 0.29) is 24.7 Å². The summed E-state index contributed by atoms with van der Waals surface area (Å²) in [5.74, 6) is -1.36. The van der Waals surface area contributed by atoms with Crippen molar-refractivity contribution in [3.05, 3.63) is 22.5 Å². The highest BCUT2D eigenvalue weighted by Crippen LogP contribution is 2.19. The molecule has 0 saturated carbocycles. The van der Waals surface area contributed by atoms with Crippen LogP contribution in [0.5, 0.6) is 0 Å². The predicted molar refractivity (Wildman–Crippen MR) is 69.5 cm³/mol. The molecule has 19 heavy (non-hydrogen) atoms. The zero-order valence-corrected chi connectivity index (χ0v) is 11.5. The third-order valence-corrected chi connectivity index (χ3v) is 3.01. The number of carbonyl (C=O) groups is 3. The quantitative estimate of drug-likeness (QED) is 0.788. The van der Waals surface area contributed by atoms with Crippen LogP contribution in [0.3, 0.4) is 0 Å². The fourth-order valence-electron chi connectivity index (χ4n) is 2.05. The average molecular weight is 266 g/mol. The van der Waals surface area contributed by atoms with Crippen LogP contribution in [0.15, 0.2) is 0 Å². The van der Waals surface area contributed by atoms with Gasteiger partial charge in [-0.05, 0) is 26.3 Å². The van der Waals surface area contributed by atoms with E-state index in [0.717, 1.165) is 0 Å². The highest BCUT2D eigenvalue weighted by molar-refractivity contribution is 6.02. The number of aromatic nitrogens is 1. The SMILES string of the molecule is CC(=O)c1c(C)[nH]c(C(=O)N(C)CCC(=O)O)c1C. The molecule has 0 aromatic carbocycles. The molecular weight excluding hydrogens is 248 g/mol. The Bertz CT molecular complexity index is 531. The van der Waals surface area contributed by atoms with Gasteiger partial charge in [0.15, 0.2) is 5.78 Å². The van der Waals surface area contributed by atoms with Crippen LogP contribution in [0.2, 0.25) is 0 Å². The third-order valence-electron chi connectivity index (χ3n) is 3.01. The van der Waals surface area contributed by atoms with Crippen molar-refractivity contribution in [2.24, 2.45) is 0 Å². The van der Waals surface area contributed by atoms with Gasteiger partial charge >= 0.3 is 5.97 Å². The topological polar surface area (TPSA) is 90.5 Å². The number of nitrogens with one attached hydrogen (secondary N) is 1. The number of carboxylic acids is 1. The van der Waals surface area contributed by atoms with Crippen LogP contribution in [-0.2, 0) is 4.79 Å². The normalized spacial score (nSPS) is 10.3. The minimum absolute atomic E-state index is 0.0986. The number of aryl methyl sites for hydroxylation is 1. The molecule has 6 nitrogen and oxygen atoms in total. The van der Waals surface area contributed by atoms with Gasteiger partial charge in [-0.15, -0.1) is 0 Å². The lowest BCUT2D eigenvalue weighted by Gasteiger charge is -2.15. The molecule has 6 heteroatoms. The second kappa shape index (κ2) is 5.69. The van der Waals surface area contributed by atoms with Crippen molar-refractivity contribution in [3.63, 3.8) is 0 Å². The second-order valence-corrected chi connectivity index (χ2v) is 4.55. The van der Waals surface area contributed by atoms with Gasteiger partial charge in [0.2, 0.25) is 0 Å². The molecule has 0 spiro atoms. The van der Waals surface area contributed by atoms with Gasteiger partial charge in [-0.2, -0.15) is 0 Å². The van der Waals surface area contributed by atoms with Gasteiger partial charge in [0, 0.05) is 24.8 Å². The number of aliphatic carboxylic acids is 1. The van der Waals surface area contributed by atoms with Crippen LogP contribution in [-0.4, -0.2) is 46.2 Å². The summed E-state index contributed by atoms with van der Waals surface area (Å²) in [6, 6.07) is 0. The molecular formula is C13H18N2O4. The van der Waals surface area contributed by atoms with Crippen LogP contribution in [0, 0.1) is 13.8 Å². The lowest BCUT2D eigenvalue weighted by atomic mass is 10.1. The summed E-state index contributed by atoms with van der Waals surface area (Å²) in [6.45, 7) is 5.02. The number of nitrogens with zero attached hydrogens (tertiary/aromatic N) is 1. The van der Waals surface area contributed by atoms with Crippen molar-refractivity contribution < 1.29 is 19.5 Å². The minimum Gasteiger partial charge on any atom is -0.481 e. The highest BCUT2D eigenvalue weighted by Gasteiger charge is 2.22. The number of aromatic amines is 1. The number of ketones is 1. The first kappa shape index (κ1) is 14.9. The Balaban J connectivity index is 2.97. The first-order valence-corrected chi connectivity index (χ1v) is 5.93. The lowest BCUT2D eigenvalue weighted by Crippen LogP contribution is -2.29. The zero-order chi connectivity index (χ0) is 14.7. The van der Waals surface area contributed by atoms with Crippen LogP contribution >= 0.6 is 0 Å². The number of carboxylic acid groups (broad SMARTS) is 1. The Morgan fingerprint density at radius 1 is 1.26 bits per heavy atom. The highest BCUT2D eigenvalue weighted by atomic mass is 16.4. The van der Waals surface area contributed by atoms with E-state index in [1.54, 1.807) is 13.8 Å². The number of rotatable bonds is 5. The van der Waals surface area contributed by atoms with Gasteiger partial charge in [-0.1, -0.05) is 0 Å². The maximum absolute atomic E-state index is 12.2. The van der Waals surface area contributed by atoms with Crippen LogP contribution in [0.1, 0.15) is 45.4 Å². The van der Waals surface area contributed by atoms with Crippen LogP contribution < -0.4 is 0 Å². The Kier molecular flexibility index (Phi) is 4.47. The molecule has 0 aliphatic rings. The monoisotopic (exact) mass is 266 g/mol. The van der Waals surface area contributed by atoms with Crippen molar-refractivity contribution in [3.8, 4) is 0 Å². The van der Waals surface area contributed by atoms with Crippen molar-refractivity contribution >= 4 is 17.7 Å². The van der Waals surface area contributed by atoms with E-state index in [1.165, 1.54) is 18.9 Å². The van der Waals surface area contributed by atoms with Gasteiger partial charge in [0.1, 0.15) is 5.69 Å². The summed E-state index contributed by atoms with van der Waals surface area (Å²) in [6.07, 6.45) is -0.111. The molecule has 104 valence electrons. The minimum atomic E-state index is -0.955. The van der Waals surface area contributed by atoms with E-state index in [1.807, 2.05) is 0 Å². The first-order valence-electron chi connectivity index (χ1n) is 5.93. The molecule has 1 aromatic rings. The number of H-pyrrole nitrogens is 1. The van der Waals surface area contributed by atoms with Gasteiger partial charge in [0.25, 0.3) is 5.91 Å². The van der Waals surface area contributed by atoms with Gasteiger partial charge in [-0.3, -0.25) is 14.4 Å². The summed E-state index contributed by atoms with van der Waals surface area (Å²) in [7, 11) is 1.54. The molecule has 1 heterocycles. The third kappa shape index (κ3) is 3.21. The maximum Gasteiger partial charge on any atom is 0.305 e. The Morgan fingerprint density at radius 3 is 2.26 bits per heavy atom. The summed E-state index contributed by atoms with van der Waals surface area (Å²) in [5, 5.41) is 8.60. The molecule has 0 unspecified atom stereocenters. The van der Waals surface area contributed by atoms with Crippen molar-refractivity contribution in [1.82, 2.24) is 9.88 Å². The van der Waals surface area contributed by atoms with Gasteiger partial charge < -0.3 is 15.0 Å². The number of Topliss-reactive ketones (excluding diaryl/α,β-unsaturated/α-hetero) is 1. The van der Waals surface area contributed by atoms with Crippen molar-refractivity contribution in [2.75, 3.05) is 13.6 Å². The summed E-state index contributed by atoms with van der Waals surface area (Å²) in [5.41, 5.74) is 2.13. The van der Waals surface area contributed by atoms with E-state index >= 15 is 0 Å². The maximum atomic E-state index is 12.2. The summed E-state index contributed by atoms with van der Waals surface area (Å²) in [4.78, 5) is 38.4. The lowest BCUT2D eigenvalue weighted by molar-refractivity contribution is -0.137. The summed E-state index contributed by atoms with van der Waals surface area (Å²) < 4.78 is 0. The van der Waals surface area contributed by atoms with Crippen molar-refractivity contribution in [1.29, 1.82) is 0 Å². The Hall–Kier alpha value is -2.11. The molecule has 0 radical (unpaired) electrons. The average Bonchev–Trinajstić information content (AvgIpc) is 2.60. The summed E-state index contributed by atoms with van der Waals surface area (Å²) >= 11 is 0. The molecule has 0 aliphatic heterocycles. The number of hydrogen-bond acceptors (Lipinski definition) is 3. The standard InChI is InChI=1S/C13H18N2O4/c1-7-11(9(3)16)8(2)14-12(7)13(19)15(4)6-5-10(17)18/h14H,5-6H2,1-4H3,(H,17,18). The molecule has 1 rings (SSSR count). The molecule has 0 fully saturated rings. The molecule has 0 bridgehead atoms. The van der Waals surface area contributed by atoms with E-state index in [2.05, 4.69) is 4.98 Å². The second-order valence-electron chi connectivity index (χ2n) is 4.55. The fraction of sp³-hybridized carbons (Fsp3) is 0.462. The molecule has 2 N–H and O–H groups in total. The zero-order valence-electron chi connectivity index (χ0n) is 11.5. The van der Waals surface area contributed by atoms with E-state index in [0.29, 0.717) is 22.5 Å². The largest absolute Gasteiger partial charge is 0.481 e. The number of amides is 1. The van der Waals surface area contributed by atoms with E-state index < -0.39 is 5.97 Å². The number of carbonyl (C=O) groups excluding carboxylic acids is 2. The van der Waals surface area contributed by atoms with Crippen LogP contribution in [0.25, 0.3) is 0 Å². The van der Waals surface area contributed by atoms with Gasteiger partial charge in [0.05, 0.1) is 6.42 Å². The smallest absolute Gasteiger partial charge is 0.305 e. The molecule has 0 atom stereocenters. The molecule has 1 aromatic heterocycles. The van der Waals surface area contributed by atoms with E-state index in [9.17, 15) is 14.4 Å². The Labute approximate surface area is 111 Å². The van der Waals surface area contributed by atoms with Crippen LogP contribution in [0.4, 0.5) is 0 Å². The predicted octanol–water partition coefficient (Wildman–Crippen LogP) is 1.38. The number of hydrogen-bond donors (Lipinski definition) is 2. The molecule has 1 amide bonds. The molecule has 0 saturated heterocycles. The first-order chi connectivity index (χ1) is 8.75. The van der Waals surface area contributed by atoms with E-state index in [4.69, 9.17) is 5.11 Å². The molecule has 0 aliphatic carbocycles. The van der Waals surface area contributed by atoms with Crippen molar-refractivity contribution in [2.45, 2.75) is 27.2 Å². The Morgan fingerprint density at radius 2 is 1.84 bits per heavy atom. The van der Waals surface area contributed by atoms with Gasteiger partial charge in [-0.25, -0.2) is 0 Å².